The number of hydrogen-bond acceptors (Lipinski definition) is 1. The summed E-state index contributed by atoms with van der Waals surface area (Å²) in [7, 11) is 1.79. The molecule has 0 unspecified atom stereocenters. The van der Waals surface area contributed by atoms with Gasteiger partial charge in [-0.3, -0.25) is 0 Å². The SMILES string of the molecule is Cn1cc(C2CCCC2)cc1C(=O)O. The molecule has 1 aliphatic carbocycles. The van der Waals surface area contributed by atoms with Crippen molar-refractivity contribution in [3.8, 4) is 0 Å². The fourth-order valence-electron chi connectivity index (χ4n) is 2.29. The van der Waals surface area contributed by atoms with Crippen LogP contribution >= 0.6 is 0 Å². The third-order valence-corrected chi connectivity index (χ3v) is 3.07. The summed E-state index contributed by atoms with van der Waals surface area (Å²) >= 11 is 0. The highest BCUT2D eigenvalue weighted by molar-refractivity contribution is 5.86. The van der Waals surface area contributed by atoms with Gasteiger partial charge in [0.15, 0.2) is 0 Å². The van der Waals surface area contributed by atoms with Gasteiger partial charge in [-0.05, 0) is 30.4 Å². The van der Waals surface area contributed by atoms with E-state index in [1.165, 1.54) is 31.2 Å². The van der Waals surface area contributed by atoms with E-state index in [0.29, 0.717) is 11.6 Å². The zero-order valence-corrected chi connectivity index (χ0v) is 8.36. The second-order valence-electron chi connectivity index (χ2n) is 4.06. The first kappa shape index (κ1) is 9.31. The molecule has 3 nitrogen and oxygen atoms in total. The van der Waals surface area contributed by atoms with Crippen LogP contribution < -0.4 is 0 Å². The van der Waals surface area contributed by atoms with Crippen LogP contribution in [0.25, 0.3) is 0 Å². The summed E-state index contributed by atoms with van der Waals surface area (Å²) < 4.78 is 1.70. The van der Waals surface area contributed by atoms with Gasteiger partial charge in [0.05, 0.1) is 0 Å². The fourth-order valence-corrected chi connectivity index (χ4v) is 2.29. The smallest absolute Gasteiger partial charge is 0.352 e. The Kier molecular flexibility index (Phi) is 2.32. The van der Waals surface area contributed by atoms with Crippen LogP contribution in [0.2, 0.25) is 0 Å². The van der Waals surface area contributed by atoms with Gasteiger partial charge in [0, 0.05) is 13.2 Å². The van der Waals surface area contributed by atoms with Gasteiger partial charge in [-0.1, -0.05) is 12.8 Å². The number of carboxylic acid groups (broad SMARTS) is 1. The second kappa shape index (κ2) is 3.48. The monoisotopic (exact) mass is 193 g/mol. The van der Waals surface area contributed by atoms with Crippen LogP contribution in [0.15, 0.2) is 12.3 Å². The van der Waals surface area contributed by atoms with Crippen molar-refractivity contribution in [1.82, 2.24) is 4.57 Å². The first-order chi connectivity index (χ1) is 6.68. The summed E-state index contributed by atoms with van der Waals surface area (Å²) in [4.78, 5) is 10.8. The van der Waals surface area contributed by atoms with Crippen molar-refractivity contribution < 1.29 is 9.90 Å². The van der Waals surface area contributed by atoms with Crippen LogP contribution in [0.1, 0.15) is 47.7 Å². The number of carboxylic acids is 1. The minimum atomic E-state index is -0.836. The molecule has 1 aromatic heterocycles. The molecule has 3 heteroatoms. The maximum atomic E-state index is 10.8. The molecule has 0 saturated heterocycles. The number of nitrogens with zero attached hydrogens (tertiary/aromatic N) is 1. The van der Waals surface area contributed by atoms with Crippen molar-refractivity contribution in [2.24, 2.45) is 7.05 Å². The average Bonchev–Trinajstić information content (AvgIpc) is 2.70. The van der Waals surface area contributed by atoms with Crippen LogP contribution in [0, 0.1) is 0 Å². The second-order valence-corrected chi connectivity index (χ2v) is 4.06. The zero-order chi connectivity index (χ0) is 10.1. The Hall–Kier alpha value is -1.25. The minimum Gasteiger partial charge on any atom is -0.477 e. The summed E-state index contributed by atoms with van der Waals surface area (Å²) in [5.74, 6) is -0.244. The molecular formula is C11H15NO2. The number of hydrogen-bond donors (Lipinski definition) is 1. The van der Waals surface area contributed by atoms with E-state index in [2.05, 4.69) is 0 Å². The van der Waals surface area contributed by atoms with Crippen LogP contribution in [0.3, 0.4) is 0 Å². The van der Waals surface area contributed by atoms with Gasteiger partial charge >= 0.3 is 5.97 Å². The van der Waals surface area contributed by atoms with Crippen molar-refractivity contribution in [1.29, 1.82) is 0 Å². The summed E-state index contributed by atoms with van der Waals surface area (Å²) in [6.45, 7) is 0. The summed E-state index contributed by atoms with van der Waals surface area (Å²) in [5.41, 5.74) is 1.59. The highest BCUT2D eigenvalue weighted by Crippen LogP contribution is 2.34. The lowest BCUT2D eigenvalue weighted by atomic mass is 10.0. The Morgan fingerprint density at radius 1 is 1.50 bits per heavy atom. The number of aromatic nitrogens is 1. The summed E-state index contributed by atoms with van der Waals surface area (Å²) in [6.07, 6.45) is 6.94. The molecular weight excluding hydrogens is 178 g/mol. The molecule has 0 aliphatic heterocycles. The number of aryl methyl sites for hydroxylation is 1. The van der Waals surface area contributed by atoms with E-state index in [0.717, 1.165) is 0 Å². The molecule has 0 radical (unpaired) electrons. The van der Waals surface area contributed by atoms with Gasteiger partial charge in [0.1, 0.15) is 5.69 Å². The first-order valence-corrected chi connectivity index (χ1v) is 5.08. The Morgan fingerprint density at radius 3 is 2.64 bits per heavy atom. The quantitative estimate of drug-likeness (QED) is 0.783. The molecule has 1 aliphatic rings. The predicted molar refractivity (Wildman–Crippen MR) is 53.6 cm³/mol. The largest absolute Gasteiger partial charge is 0.477 e. The van der Waals surface area contributed by atoms with Gasteiger partial charge in [-0.25, -0.2) is 4.79 Å². The van der Waals surface area contributed by atoms with Crippen molar-refractivity contribution >= 4 is 5.97 Å². The molecule has 1 heterocycles. The Labute approximate surface area is 83.4 Å². The predicted octanol–water partition coefficient (Wildman–Crippen LogP) is 2.38. The highest BCUT2D eigenvalue weighted by atomic mass is 16.4. The molecule has 0 atom stereocenters. The topological polar surface area (TPSA) is 42.2 Å². The van der Waals surface area contributed by atoms with Crippen molar-refractivity contribution in [2.75, 3.05) is 0 Å². The van der Waals surface area contributed by atoms with E-state index in [4.69, 9.17) is 5.11 Å². The lowest BCUT2D eigenvalue weighted by Crippen LogP contribution is -2.02. The summed E-state index contributed by atoms with van der Waals surface area (Å²) in [6, 6.07) is 1.82. The van der Waals surface area contributed by atoms with Crippen LogP contribution in [0.4, 0.5) is 0 Å². The van der Waals surface area contributed by atoms with Crippen LogP contribution in [-0.2, 0) is 7.05 Å². The van der Waals surface area contributed by atoms with E-state index in [1.54, 1.807) is 11.6 Å². The highest BCUT2D eigenvalue weighted by Gasteiger charge is 2.20. The van der Waals surface area contributed by atoms with Crippen molar-refractivity contribution in [3.63, 3.8) is 0 Å². The molecule has 2 rings (SSSR count). The summed E-state index contributed by atoms with van der Waals surface area (Å²) in [5, 5.41) is 8.90. The fraction of sp³-hybridized carbons (Fsp3) is 0.545. The minimum absolute atomic E-state index is 0.395. The molecule has 0 spiro atoms. The maximum absolute atomic E-state index is 10.8. The van der Waals surface area contributed by atoms with Gasteiger partial charge in [0.25, 0.3) is 0 Å². The number of aromatic carboxylic acids is 1. The number of carbonyl (C=O) groups is 1. The first-order valence-electron chi connectivity index (χ1n) is 5.08. The van der Waals surface area contributed by atoms with Gasteiger partial charge in [-0.2, -0.15) is 0 Å². The molecule has 0 bridgehead atoms. The lowest BCUT2D eigenvalue weighted by Gasteiger charge is -2.04. The van der Waals surface area contributed by atoms with Crippen LogP contribution in [0.5, 0.6) is 0 Å². The van der Waals surface area contributed by atoms with Crippen molar-refractivity contribution in [2.45, 2.75) is 31.6 Å². The third kappa shape index (κ3) is 1.54. The van der Waals surface area contributed by atoms with Gasteiger partial charge < -0.3 is 9.67 Å². The lowest BCUT2D eigenvalue weighted by molar-refractivity contribution is 0.0686. The standard InChI is InChI=1S/C11H15NO2/c1-12-7-9(6-10(12)11(13)14)8-4-2-3-5-8/h6-8H,2-5H2,1H3,(H,13,14). The van der Waals surface area contributed by atoms with E-state index < -0.39 is 5.97 Å². The van der Waals surface area contributed by atoms with Crippen LogP contribution in [-0.4, -0.2) is 15.6 Å². The molecule has 1 aromatic rings. The maximum Gasteiger partial charge on any atom is 0.352 e. The van der Waals surface area contributed by atoms with Crippen molar-refractivity contribution in [3.05, 3.63) is 23.5 Å². The normalized spacial score (nSPS) is 17.5. The molecule has 0 aromatic carbocycles. The van der Waals surface area contributed by atoms with E-state index in [1.807, 2.05) is 12.3 Å². The zero-order valence-electron chi connectivity index (χ0n) is 8.36. The molecule has 0 amide bonds. The Morgan fingerprint density at radius 2 is 2.14 bits per heavy atom. The van der Waals surface area contributed by atoms with Gasteiger partial charge in [-0.15, -0.1) is 0 Å². The van der Waals surface area contributed by atoms with E-state index in [-0.39, 0.29) is 0 Å². The molecule has 1 saturated carbocycles. The van der Waals surface area contributed by atoms with Gasteiger partial charge in [0.2, 0.25) is 0 Å². The molecule has 14 heavy (non-hydrogen) atoms. The third-order valence-electron chi connectivity index (χ3n) is 3.07. The number of rotatable bonds is 2. The Bertz CT molecular complexity index is 348. The molecule has 1 fully saturated rings. The van der Waals surface area contributed by atoms with E-state index in [9.17, 15) is 4.79 Å². The molecule has 1 N–H and O–H groups in total. The van der Waals surface area contributed by atoms with E-state index >= 15 is 0 Å². The Balaban J connectivity index is 2.27. The molecule has 76 valence electrons. The average molecular weight is 193 g/mol.